The van der Waals surface area contributed by atoms with Crippen LogP contribution in [0, 0.1) is 0 Å². The Morgan fingerprint density at radius 1 is 1.00 bits per heavy atom. The van der Waals surface area contributed by atoms with Crippen LogP contribution in [0.5, 0.6) is 5.75 Å². The minimum absolute atomic E-state index is 0.151. The number of amides is 3. The Hall–Kier alpha value is -2.94. The number of nitrogens with one attached hydrogen (secondary N) is 2. The molecule has 0 aromatic heterocycles. The Kier molecular flexibility index (Phi) is 7.84. The van der Waals surface area contributed by atoms with Gasteiger partial charge in [0.1, 0.15) is 5.75 Å². The molecule has 1 aliphatic rings. The van der Waals surface area contributed by atoms with Crippen molar-refractivity contribution in [2.75, 3.05) is 33.0 Å². The van der Waals surface area contributed by atoms with Crippen molar-refractivity contribution in [3.05, 3.63) is 64.7 Å². The number of imide groups is 1. The highest BCUT2D eigenvalue weighted by molar-refractivity contribution is 6.30. The normalized spacial score (nSPS) is 14.5. The SMILES string of the molecule is CC(C)(Oc1ccc(C(=O)c2ccc(Cl)cc2)cc1)C(=O)NC(=O)NCN1CCOCC1. The summed E-state index contributed by atoms with van der Waals surface area (Å²) in [6, 6.07) is 12.5. The number of carbonyl (C=O) groups excluding carboxylic acids is 3. The average molecular weight is 460 g/mol. The molecule has 9 heteroatoms. The zero-order valence-electron chi connectivity index (χ0n) is 18.0. The van der Waals surface area contributed by atoms with Crippen LogP contribution >= 0.6 is 11.6 Å². The highest BCUT2D eigenvalue weighted by Crippen LogP contribution is 2.21. The number of rotatable bonds is 7. The van der Waals surface area contributed by atoms with Crippen molar-refractivity contribution in [2.45, 2.75) is 19.4 Å². The van der Waals surface area contributed by atoms with Gasteiger partial charge in [-0.3, -0.25) is 19.8 Å². The van der Waals surface area contributed by atoms with Crippen molar-refractivity contribution in [3.8, 4) is 5.75 Å². The fourth-order valence-electron chi connectivity index (χ4n) is 3.02. The second-order valence-electron chi connectivity index (χ2n) is 7.82. The lowest BCUT2D eigenvalue weighted by atomic mass is 10.0. The lowest BCUT2D eigenvalue weighted by Crippen LogP contribution is -2.53. The summed E-state index contributed by atoms with van der Waals surface area (Å²) >= 11 is 5.86. The van der Waals surface area contributed by atoms with E-state index in [1.807, 2.05) is 4.90 Å². The third-order valence-electron chi connectivity index (χ3n) is 4.94. The van der Waals surface area contributed by atoms with Gasteiger partial charge in [0, 0.05) is 29.2 Å². The summed E-state index contributed by atoms with van der Waals surface area (Å²) in [7, 11) is 0. The monoisotopic (exact) mass is 459 g/mol. The minimum atomic E-state index is -1.31. The summed E-state index contributed by atoms with van der Waals surface area (Å²) in [4.78, 5) is 39.2. The molecule has 8 nitrogen and oxygen atoms in total. The third-order valence-corrected chi connectivity index (χ3v) is 5.19. The molecular formula is C23H26ClN3O5. The first kappa shape index (κ1) is 23.7. The highest BCUT2D eigenvalue weighted by Gasteiger charge is 2.31. The average Bonchev–Trinajstić information content (AvgIpc) is 2.78. The lowest BCUT2D eigenvalue weighted by Gasteiger charge is -2.27. The number of halogens is 1. The molecular weight excluding hydrogens is 434 g/mol. The van der Waals surface area contributed by atoms with Crippen LogP contribution in [0.4, 0.5) is 4.79 Å². The maximum Gasteiger partial charge on any atom is 0.322 e. The van der Waals surface area contributed by atoms with Crippen LogP contribution in [0.25, 0.3) is 0 Å². The smallest absolute Gasteiger partial charge is 0.322 e. The van der Waals surface area contributed by atoms with Crippen molar-refractivity contribution < 1.29 is 23.9 Å². The van der Waals surface area contributed by atoms with Crippen LogP contribution in [-0.4, -0.2) is 61.2 Å². The van der Waals surface area contributed by atoms with Gasteiger partial charge in [0.05, 0.1) is 19.9 Å². The molecule has 170 valence electrons. The maximum absolute atomic E-state index is 12.6. The quantitative estimate of drug-likeness (QED) is 0.618. The zero-order valence-corrected chi connectivity index (χ0v) is 18.8. The number of ether oxygens (including phenoxy) is 2. The number of hydrogen-bond acceptors (Lipinski definition) is 6. The van der Waals surface area contributed by atoms with Crippen LogP contribution in [0.15, 0.2) is 48.5 Å². The molecule has 1 fully saturated rings. The Morgan fingerprint density at radius 2 is 1.56 bits per heavy atom. The summed E-state index contributed by atoms with van der Waals surface area (Å²) in [5.41, 5.74) is -0.312. The lowest BCUT2D eigenvalue weighted by molar-refractivity contribution is -0.133. The molecule has 1 aliphatic heterocycles. The number of nitrogens with zero attached hydrogens (tertiary/aromatic N) is 1. The van der Waals surface area contributed by atoms with E-state index in [1.165, 1.54) is 0 Å². The molecule has 0 atom stereocenters. The van der Waals surface area contributed by atoms with Crippen LogP contribution in [-0.2, 0) is 9.53 Å². The number of urea groups is 1. The zero-order chi connectivity index (χ0) is 23.1. The first-order valence-electron chi connectivity index (χ1n) is 10.2. The van der Waals surface area contributed by atoms with Crippen molar-refractivity contribution in [3.63, 3.8) is 0 Å². The number of hydrogen-bond donors (Lipinski definition) is 2. The van der Waals surface area contributed by atoms with E-state index in [1.54, 1.807) is 62.4 Å². The van der Waals surface area contributed by atoms with Crippen molar-refractivity contribution >= 4 is 29.3 Å². The van der Waals surface area contributed by atoms with Gasteiger partial charge in [-0.1, -0.05) is 11.6 Å². The number of morpholine rings is 1. The second-order valence-corrected chi connectivity index (χ2v) is 8.26. The van der Waals surface area contributed by atoms with E-state index in [2.05, 4.69) is 10.6 Å². The topological polar surface area (TPSA) is 97.0 Å². The van der Waals surface area contributed by atoms with Gasteiger partial charge in [0.15, 0.2) is 11.4 Å². The van der Waals surface area contributed by atoms with E-state index in [9.17, 15) is 14.4 Å². The molecule has 1 heterocycles. The summed E-state index contributed by atoms with van der Waals surface area (Å²) < 4.78 is 11.0. The summed E-state index contributed by atoms with van der Waals surface area (Å²) in [5.74, 6) is -0.341. The molecule has 2 N–H and O–H groups in total. The molecule has 32 heavy (non-hydrogen) atoms. The molecule has 0 unspecified atom stereocenters. The van der Waals surface area contributed by atoms with Crippen LogP contribution in [0.1, 0.15) is 29.8 Å². The summed E-state index contributed by atoms with van der Waals surface area (Å²) in [5, 5.41) is 5.51. The van der Waals surface area contributed by atoms with E-state index in [-0.39, 0.29) is 5.78 Å². The Morgan fingerprint density at radius 3 is 2.16 bits per heavy atom. The van der Waals surface area contributed by atoms with E-state index < -0.39 is 17.5 Å². The van der Waals surface area contributed by atoms with Gasteiger partial charge in [-0.2, -0.15) is 0 Å². The Labute approximate surface area is 191 Å². The predicted octanol–water partition coefficient (Wildman–Crippen LogP) is 2.84. The molecule has 2 aromatic rings. The van der Waals surface area contributed by atoms with Gasteiger partial charge in [0.25, 0.3) is 5.91 Å². The van der Waals surface area contributed by atoms with Gasteiger partial charge >= 0.3 is 6.03 Å². The van der Waals surface area contributed by atoms with Gasteiger partial charge in [-0.05, 0) is 62.4 Å². The molecule has 0 aliphatic carbocycles. The highest BCUT2D eigenvalue weighted by atomic mass is 35.5. The number of carbonyl (C=O) groups is 3. The van der Waals surface area contributed by atoms with Crippen molar-refractivity contribution in [1.82, 2.24) is 15.5 Å². The molecule has 0 saturated carbocycles. The standard InChI is InChI=1S/C23H26ClN3O5/c1-23(2,21(29)26-22(30)25-15-27-11-13-31-14-12-27)32-19-9-5-17(6-10-19)20(28)16-3-7-18(24)8-4-16/h3-10H,11-15H2,1-2H3,(H2,25,26,29,30). The van der Waals surface area contributed by atoms with E-state index >= 15 is 0 Å². The fourth-order valence-corrected chi connectivity index (χ4v) is 3.15. The molecule has 0 spiro atoms. The van der Waals surface area contributed by atoms with E-state index in [0.29, 0.717) is 41.8 Å². The van der Waals surface area contributed by atoms with Gasteiger partial charge < -0.3 is 14.8 Å². The summed E-state index contributed by atoms with van der Waals surface area (Å²) in [6.45, 7) is 6.13. The first-order chi connectivity index (χ1) is 15.2. The molecule has 2 aromatic carbocycles. The Bertz CT molecular complexity index is 955. The van der Waals surface area contributed by atoms with Gasteiger partial charge in [-0.25, -0.2) is 4.79 Å². The maximum atomic E-state index is 12.6. The first-order valence-corrected chi connectivity index (χ1v) is 10.6. The van der Waals surface area contributed by atoms with Gasteiger partial charge in [0.2, 0.25) is 0 Å². The van der Waals surface area contributed by atoms with Crippen LogP contribution in [0.2, 0.25) is 5.02 Å². The second kappa shape index (κ2) is 10.6. The van der Waals surface area contributed by atoms with E-state index in [4.69, 9.17) is 21.1 Å². The molecule has 1 saturated heterocycles. The number of benzene rings is 2. The summed E-state index contributed by atoms with van der Waals surface area (Å²) in [6.07, 6.45) is 0. The van der Waals surface area contributed by atoms with Crippen molar-refractivity contribution in [2.24, 2.45) is 0 Å². The third kappa shape index (κ3) is 6.53. The molecule has 0 radical (unpaired) electrons. The Balaban J connectivity index is 1.53. The van der Waals surface area contributed by atoms with E-state index in [0.717, 1.165) is 13.1 Å². The van der Waals surface area contributed by atoms with Gasteiger partial charge in [-0.15, -0.1) is 0 Å². The van der Waals surface area contributed by atoms with Crippen molar-refractivity contribution in [1.29, 1.82) is 0 Å². The minimum Gasteiger partial charge on any atom is -0.478 e. The molecule has 3 amide bonds. The van der Waals surface area contributed by atoms with Crippen LogP contribution in [0.3, 0.4) is 0 Å². The number of ketones is 1. The fraction of sp³-hybridized carbons (Fsp3) is 0.348. The molecule has 0 bridgehead atoms. The predicted molar refractivity (Wildman–Crippen MR) is 120 cm³/mol. The molecule has 3 rings (SSSR count). The largest absolute Gasteiger partial charge is 0.478 e. The van der Waals surface area contributed by atoms with Crippen LogP contribution < -0.4 is 15.4 Å².